The van der Waals surface area contributed by atoms with Gasteiger partial charge in [0.05, 0.1) is 11.9 Å². The minimum Gasteiger partial charge on any atom is -0.480 e. The lowest BCUT2D eigenvalue weighted by Gasteiger charge is -2.12. The van der Waals surface area contributed by atoms with Gasteiger partial charge in [0, 0.05) is 5.56 Å². The molecular formula is C22H15F3N4O3. The number of nitrogens with zero attached hydrogens (tertiary/aromatic N) is 3. The number of halogens is 3. The molecule has 0 saturated carbocycles. The molecule has 2 aromatic heterocycles. The molecule has 0 aliphatic carbocycles. The first-order chi connectivity index (χ1) is 15.2. The third kappa shape index (κ3) is 4.15. The molecule has 0 bridgehead atoms. The second-order valence-corrected chi connectivity index (χ2v) is 6.84. The summed E-state index contributed by atoms with van der Waals surface area (Å²) >= 11 is 0. The molecule has 0 atom stereocenters. The Kier molecular flexibility index (Phi) is 5.35. The highest BCUT2D eigenvalue weighted by Gasteiger charge is 2.36. The normalized spacial score (nSPS) is 11.5. The molecule has 32 heavy (non-hydrogen) atoms. The molecule has 2 N–H and O–H groups in total. The van der Waals surface area contributed by atoms with Crippen LogP contribution in [0.15, 0.2) is 66.9 Å². The molecule has 162 valence electrons. The van der Waals surface area contributed by atoms with E-state index in [4.69, 9.17) is 5.11 Å². The molecular weight excluding hydrogens is 425 g/mol. The molecule has 1 amide bonds. The van der Waals surface area contributed by atoms with E-state index in [1.807, 2.05) is 30.3 Å². The number of nitrogens with one attached hydrogen (secondary N) is 1. The first kappa shape index (κ1) is 21.0. The van der Waals surface area contributed by atoms with Crippen molar-refractivity contribution in [3.8, 4) is 22.4 Å². The minimum atomic E-state index is -4.76. The predicted molar refractivity (Wildman–Crippen MR) is 109 cm³/mol. The second kappa shape index (κ2) is 8.14. The minimum absolute atomic E-state index is 0.00257. The molecule has 0 aliphatic heterocycles. The van der Waals surface area contributed by atoms with Crippen LogP contribution in [-0.4, -0.2) is 38.1 Å². The van der Waals surface area contributed by atoms with Crippen molar-refractivity contribution in [1.82, 2.24) is 19.9 Å². The molecule has 2 heterocycles. The van der Waals surface area contributed by atoms with Crippen LogP contribution in [-0.2, 0) is 11.0 Å². The summed E-state index contributed by atoms with van der Waals surface area (Å²) in [6.07, 6.45) is -3.84. The summed E-state index contributed by atoms with van der Waals surface area (Å²) in [6, 6.07) is 17.1. The van der Waals surface area contributed by atoms with Gasteiger partial charge in [-0.3, -0.25) is 9.59 Å². The van der Waals surface area contributed by atoms with Gasteiger partial charge in [0.2, 0.25) is 0 Å². The number of carboxylic acids is 1. The summed E-state index contributed by atoms with van der Waals surface area (Å²) in [6.45, 7) is -0.692. The van der Waals surface area contributed by atoms with Gasteiger partial charge in [-0.25, -0.2) is 9.50 Å². The van der Waals surface area contributed by atoms with Crippen LogP contribution < -0.4 is 5.32 Å². The Morgan fingerprint density at radius 2 is 1.59 bits per heavy atom. The highest BCUT2D eigenvalue weighted by molar-refractivity contribution is 6.01. The molecule has 10 heteroatoms. The molecule has 0 unspecified atom stereocenters. The number of amides is 1. The van der Waals surface area contributed by atoms with Crippen LogP contribution >= 0.6 is 0 Å². The fraction of sp³-hybridized carbons (Fsp3) is 0.0909. The number of benzene rings is 2. The van der Waals surface area contributed by atoms with E-state index in [0.717, 1.165) is 23.4 Å². The van der Waals surface area contributed by atoms with E-state index in [0.29, 0.717) is 10.1 Å². The van der Waals surface area contributed by atoms with Crippen LogP contribution in [0.1, 0.15) is 16.1 Å². The standard InChI is InChI=1S/C22H15F3N4O3/c23-22(24,25)18-10-17(15-8-6-14(7-9-15)13-4-2-1-3-5-13)28-20-16(11-27-29(18)20)21(32)26-12-19(30)31/h1-11H,12H2,(H,26,32)(H,30,31). The lowest BCUT2D eigenvalue weighted by Crippen LogP contribution is -2.29. The van der Waals surface area contributed by atoms with Crippen molar-refractivity contribution >= 4 is 17.5 Å². The Labute approximate surface area is 179 Å². The number of hydrogen-bond donors (Lipinski definition) is 2. The van der Waals surface area contributed by atoms with Crippen LogP contribution in [0, 0.1) is 0 Å². The molecule has 4 aromatic rings. The fourth-order valence-electron chi connectivity index (χ4n) is 3.19. The average Bonchev–Trinajstić information content (AvgIpc) is 3.21. The third-order valence-corrected chi connectivity index (χ3v) is 4.69. The molecule has 2 aromatic carbocycles. The third-order valence-electron chi connectivity index (χ3n) is 4.69. The summed E-state index contributed by atoms with van der Waals surface area (Å²) in [5.41, 5.74) is 0.537. The first-order valence-corrected chi connectivity index (χ1v) is 9.36. The van der Waals surface area contributed by atoms with Gasteiger partial charge in [-0.2, -0.15) is 18.3 Å². The molecule has 0 aliphatic rings. The zero-order chi connectivity index (χ0) is 22.9. The van der Waals surface area contributed by atoms with Gasteiger partial charge < -0.3 is 10.4 Å². The van der Waals surface area contributed by atoms with Gasteiger partial charge >= 0.3 is 12.1 Å². The molecule has 0 spiro atoms. The smallest absolute Gasteiger partial charge is 0.433 e. The maximum atomic E-state index is 13.7. The van der Waals surface area contributed by atoms with Crippen molar-refractivity contribution in [1.29, 1.82) is 0 Å². The van der Waals surface area contributed by atoms with Crippen LogP contribution in [0.4, 0.5) is 13.2 Å². The van der Waals surface area contributed by atoms with Gasteiger partial charge in [-0.1, -0.05) is 54.6 Å². The predicted octanol–water partition coefficient (Wildman–Crippen LogP) is 3.90. The summed E-state index contributed by atoms with van der Waals surface area (Å²) in [5.74, 6) is -2.18. The fourth-order valence-corrected chi connectivity index (χ4v) is 3.19. The van der Waals surface area contributed by atoms with Crippen LogP contribution in [0.3, 0.4) is 0 Å². The van der Waals surface area contributed by atoms with Gasteiger partial charge in [-0.15, -0.1) is 0 Å². The Balaban J connectivity index is 1.80. The SMILES string of the molecule is O=C(O)CNC(=O)c1cnn2c(C(F)(F)F)cc(-c3ccc(-c4ccccc4)cc3)nc12. The first-order valence-electron chi connectivity index (χ1n) is 9.36. The van der Waals surface area contributed by atoms with Crippen LogP contribution in [0.2, 0.25) is 0 Å². The van der Waals surface area contributed by atoms with Crippen LogP contribution in [0.25, 0.3) is 28.0 Å². The number of carbonyl (C=O) groups excluding carboxylic acids is 1. The number of hydrogen-bond acceptors (Lipinski definition) is 4. The Bertz CT molecular complexity index is 1300. The highest BCUT2D eigenvalue weighted by Crippen LogP contribution is 2.33. The number of alkyl halides is 3. The monoisotopic (exact) mass is 440 g/mol. The maximum absolute atomic E-state index is 13.7. The lowest BCUT2D eigenvalue weighted by atomic mass is 10.0. The van der Waals surface area contributed by atoms with E-state index in [1.54, 1.807) is 24.3 Å². The average molecular weight is 440 g/mol. The van der Waals surface area contributed by atoms with Gasteiger partial charge in [-0.05, 0) is 17.2 Å². The maximum Gasteiger partial charge on any atom is 0.433 e. The highest BCUT2D eigenvalue weighted by atomic mass is 19.4. The topological polar surface area (TPSA) is 96.6 Å². The number of carboxylic acid groups (broad SMARTS) is 1. The Morgan fingerprint density at radius 1 is 0.969 bits per heavy atom. The van der Waals surface area contributed by atoms with Gasteiger partial charge in [0.15, 0.2) is 11.3 Å². The van der Waals surface area contributed by atoms with Crippen molar-refractivity contribution in [2.24, 2.45) is 0 Å². The molecule has 4 rings (SSSR count). The molecule has 0 fully saturated rings. The summed E-state index contributed by atoms with van der Waals surface area (Å²) in [7, 11) is 0. The zero-order valence-electron chi connectivity index (χ0n) is 16.3. The zero-order valence-corrected chi connectivity index (χ0v) is 16.3. The van der Waals surface area contributed by atoms with Gasteiger partial charge in [0.25, 0.3) is 5.91 Å². The van der Waals surface area contributed by atoms with E-state index in [1.165, 1.54) is 0 Å². The molecule has 0 radical (unpaired) electrons. The molecule has 7 nitrogen and oxygen atoms in total. The summed E-state index contributed by atoms with van der Waals surface area (Å²) < 4.78 is 41.6. The number of aromatic nitrogens is 3. The summed E-state index contributed by atoms with van der Waals surface area (Å²) in [5, 5.41) is 14.5. The van der Waals surface area contributed by atoms with E-state index >= 15 is 0 Å². The van der Waals surface area contributed by atoms with Crippen molar-refractivity contribution in [3.05, 3.63) is 78.1 Å². The Morgan fingerprint density at radius 3 is 2.22 bits per heavy atom. The van der Waals surface area contributed by atoms with Crippen molar-refractivity contribution in [3.63, 3.8) is 0 Å². The number of rotatable bonds is 5. The largest absolute Gasteiger partial charge is 0.480 e. The second-order valence-electron chi connectivity index (χ2n) is 6.84. The van der Waals surface area contributed by atoms with Gasteiger partial charge in [0.1, 0.15) is 12.1 Å². The van der Waals surface area contributed by atoms with E-state index < -0.39 is 30.3 Å². The lowest BCUT2D eigenvalue weighted by molar-refractivity contribution is -0.142. The number of fused-ring (bicyclic) bond motifs is 1. The molecule has 0 saturated heterocycles. The Hall–Kier alpha value is -4.21. The van der Waals surface area contributed by atoms with E-state index in [-0.39, 0.29) is 16.9 Å². The quantitative estimate of drug-likeness (QED) is 0.491. The number of carbonyl (C=O) groups is 2. The number of aliphatic carboxylic acids is 1. The van der Waals surface area contributed by atoms with E-state index in [2.05, 4.69) is 15.4 Å². The van der Waals surface area contributed by atoms with Crippen molar-refractivity contribution in [2.45, 2.75) is 6.18 Å². The van der Waals surface area contributed by atoms with Crippen molar-refractivity contribution in [2.75, 3.05) is 6.54 Å². The van der Waals surface area contributed by atoms with E-state index in [9.17, 15) is 22.8 Å². The van der Waals surface area contributed by atoms with Crippen LogP contribution in [0.5, 0.6) is 0 Å². The summed E-state index contributed by atoms with van der Waals surface area (Å²) in [4.78, 5) is 27.2. The van der Waals surface area contributed by atoms with Crippen molar-refractivity contribution < 1.29 is 27.9 Å².